The summed E-state index contributed by atoms with van der Waals surface area (Å²) in [6, 6.07) is 0. The molecule has 0 aromatic carbocycles. The lowest BCUT2D eigenvalue weighted by molar-refractivity contribution is 0.117. The molecule has 17 heavy (non-hydrogen) atoms. The molecule has 0 aliphatic heterocycles. The highest BCUT2D eigenvalue weighted by Gasteiger charge is 2.13. The van der Waals surface area contributed by atoms with Gasteiger partial charge in [0, 0.05) is 13.5 Å². The maximum absolute atomic E-state index is 6.09. The molecule has 1 atom stereocenters. The Labute approximate surface area is 116 Å². The SMILES string of the molecule is COC(C)Cc1nc(Cl)c(Br)c(CC(C)C)n1. The van der Waals surface area contributed by atoms with Crippen LogP contribution in [0.15, 0.2) is 4.47 Å². The summed E-state index contributed by atoms with van der Waals surface area (Å²) in [6.45, 7) is 6.29. The first-order valence-corrected chi connectivity index (χ1v) is 6.84. The molecule has 3 nitrogen and oxygen atoms in total. The molecule has 1 rings (SSSR count). The van der Waals surface area contributed by atoms with E-state index in [4.69, 9.17) is 16.3 Å². The van der Waals surface area contributed by atoms with Crippen LogP contribution in [0.5, 0.6) is 0 Å². The lowest BCUT2D eigenvalue weighted by atomic mass is 10.1. The highest BCUT2D eigenvalue weighted by molar-refractivity contribution is 9.10. The number of halogens is 2. The predicted octanol–water partition coefficient (Wildman–Crippen LogP) is 3.67. The summed E-state index contributed by atoms with van der Waals surface area (Å²) < 4.78 is 6.02. The fourth-order valence-electron chi connectivity index (χ4n) is 1.46. The molecular weight excluding hydrogens is 304 g/mol. The Kier molecular flexibility index (Phi) is 5.83. The summed E-state index contributed by atoms with van der Waals surface area (Å²) in [5.41, 5.74) is 0.971. The van der Waals surface area contributed by atoms with Crippen molar-refractivity contribution in [1.29, 1.82) is 0 Å². The molecule has 0 saturated heterocycles. The minimum atomic E-state index is 0.0964. The molecule has 0 fully saturated rings. The maximum Gasteiger partial charge on any atom is 0.147 e. The molecular formula is C12H18BrClN2O. The number of aromatic nitrogens is 2. The van der Waals surface area contributed by atoms with E-state index < -0.39 is 0 Å². The maximum atomic E-state index is 6.09. The molecule has 0 N–H and O–H groups in total. The Morgan fingerprint density at radius 2 is 1.88 bits per heavy atom. The van der Waals surface area contributed by atoms with Crippen molar-refractivity contribution in [3.8, 4) is 0 Å². The van der Waals surface area contributed by atoms with Crippen LogP contribution in [0.2, 0.25) is 5.15 Å². The minimum Gasteiger partial charge on any atom is -0.381 e. The van der Waals surface area contributed by atoms with E-state index in [9.17, 15) is 0 Å². The van der Waals surface area contributed by atoms with Gasteiger partial charge in [-0.1, -0.05) is 25.4 Å². The van der Waals surface area contributed by atoms with Gasteiger partial charge in [0.05, 0.1) is 16.3 Å². The van der Waals surface area contributed by atoms with Crippen molar-refractivity contribution in [2.75, 3.05) is 7.11 Å². The molecule has 0 bridgehead atoms. The van der Waals surface area contributed by atoms with Crippen LogP contribution in [0.1, 0.15) is 32.3 Å². The van der Waals surface area contributed by atoms with Gasteiger partial charge in [0.2, 0.25) is 0 Å². The quantitative estimate of drug-likeness (QED) is 0.776. The van der Waals surface area contributed by atoms with E-state index in [0.717, 1.165) is 22.4 Å². The average Bonchev–Trinajstić information content (AvgIpc) is 2.24. The van der Waals surface area contributed by atoms with Crippen LogP contribution in [-0.2, 0) is 17.6 Å². The van der Waals surface area contributed by atoms with Crippen molar-refractivity contribution >= 4 is 27.5 Å². The predicted molar refractivity (Wildman–Crippen MR) is 73.5 cm³/mol. The fraction of sp³-hybridized carbons (Fsp3) is 0.667. The molecule has 5 heteroatoms. The largest absolute Gasteiger partial charge is 0.381 e. The van der Waals surface area contributed by atoms with Gasteiger partial charge in [-0.2, -0.15) is 0 Å². The van der Waals surface area contributed by atoms with Crippen molar-refractivity contribution in [2.45, 2.75) is 39.7 Å². The lowest BCUT2D eigenvalue weighted by Crippen LogP contribution is -2.13. The summed E-state index contributed by atoms with van der Waals surface area (Å²) in [5, 5.41) is 0.481. The molecule has 1 aromatic heterocycles. The Bertz CT molecular complexity index is 385. The zero-order chi connectivity index (χ0) is 13.0. The first kappa shape index (κ1) is 14.9. The monoisotopic (exact) mass is 320 g/mol. The average molecular weight is 322 g/mol. The van der Waals surface area contributed by atoms with Gasteiger partial charge in [-0.05, 0) is 35.2 Å². The van der Waals surface area contributed by atoms with Gasteiger partial charge in [-0.15, -0.1) is 0 Å². The van der Waals surface area contributed by atoms with E-state index in [1.54, 1.807) is 7.11 Å². The van der Waals surface area contributed by atoms with Crippen LogP contribution in [-0.4, -0.2) is 23.2 Å². The summed E-state index contributed by atoms with van der Waals surface area (Å²) in [7, 11) is 1.68. The molecule has 0 aliphatic carbocycles. The van der Waals surface area contributed by atoms with E-state index in [1.165, 1.54) is 0 Å². The molecule has 0 saturated carbocycles. The lowest BCUT2D eigenvalue weighted by Gasteiger charge is -2.12. The van der Waals surface area contributed by atoms with Crippen molar-refractivity contribution in [2.24, 2.45) is 5.92 Å². The zero-order valence-corrected chi connectivity index (χ0v) is 13.0. The molecule has 96 valence electrons. The van der Waals surface area contributed by atoms with Crippen LogP contribution < -0.4 is 0 Å². The summed E-state index contributed by atoms with van der Waals surface area (Å²) >= 11 is 9.53. The summed E-state index contributed by atoms with van der Waals surface area (Å²) in [6.07, 6.45) is 1.66. The van der Waals surface area contributed by atoms with E-state index >= 15 is 0 Å². The van der Waals surface area contributed by atoms with Crippen molar-refractivity contribution < 1.29 is 4.74 Å². The van der Waals surface area contributed by atoms with Crippen molar-refractivity contribution in [3.05, 3.63) is 21.1 Å². The highest BCUT2D eigenvalue weighted by atomic mass is 79.9. The first-order valence-electron chi connectivity index (χ1n) is 5.67. The molecule has 1 unspecified atom stereocenters. The highest BCUT2D eigenvalue weighted by Crippen LogP contribution is 2.25. The van der Waals surface area contributed by atoms with Crippen LogP contribution in [0.4, 0.5) is 0 Å². The molecule has 1 heterocycles. The molecule has 0 radical (unpaired) electrons. The molecule has 0 aliphatic rings. The first-order chi connectivity index (χ1) is 7.93. The normalized spacial score (nSPS) is 13.1. The van der Waals surface area contributed by atoms with Crippen LogP contribution in [0.25, 0.3) is 0 Å². The summed E-state index contributed by atoms with van der Waals surface area (Å²) in [4.78, 5) is 8.79. The van der Waals surface area contributed by atoms with Crippen LogP contribution >= 0.6 is 27.5 Å². The Morgan fingerprint density at radius 1 is 1.24 bits per heavy atom. The standard InChI is InChI=1S/C12H18BrClN2O/c1-7(2)5-9-11(13)12(14)16-10(15-9)6-8(3)17-4/h7-8H,5-6H2,1-4H3. The topological polar surface area (TPSA) is 35.0 Å². The van der Waals surface area contributed by atoms with Gasteiger partial charge in [0.15, 0.2) is 0 Å². The number of nitrogens with zero attached hydrogens (tertiary/aromatic N) is 2. The summed E-state index contributed by atoms with van der Waals surface area (Å²) in [5.74, 6) is 1.27. The molecule has 0 spiro atoms. The van der Waals surface area contributed by atoms with Crippen molar-refractivity contribution in [1.82, 2.24) is 9.97 Å². The second kappa shape index (κ2) is 6.66. The van der Waals surface area contributed by atoms with E-state index in [0.29, 0.717) is 17.5 Å². The third-order valence-electron chi connectivity index (χ3n) is 2.40. The van der Waals surface area contributed by atoms with Gasteiger partial charge in [-0.3, -0.25) is 0 Å². The van der Waals surface area contributed by atoms with E-state index in [-0.39, 0.29) is 6.10 Å². The third kappa shape index (κ3) is 4.53. The second-order valence-electron chi connectivity index (χ2n) is 4.54. The minimum absolute atomic E-state index is 0.0964. The Hall–Kier alpha value is -0.190. The molecule has 1 aromatic rings. The van der Waals surface area contributed by atoms with Gasteiger partial charge in [0.25, 0.3) is 0 Å². The van der Waals surface area contributed by atoms with Gasteiger partial charge in [-0.25, -0.2) is 9.97 Å². The number of ether oxygens (including phenoxy) is 1. The number of hydrogen-bond acceptors (Lipinski definition) is 3. The third-order valence-corrected chi connectivity index (χ3v) is 3.73. The number of methoxy groups -OCH3 is 1. The van der Waals surface area contributed by atoms with Gasteiger partial charge < -0.3 is 4.74 Å². The number of rotatable bonds is 5. The Balaban J connectivity index is 2.97. The van der Waals surface area contributed by atoms with E-state index in [1.807, 2.05) is 6.92 Å². The van der Waals surface area contributed by atoms with Crippen molar-refractivity contribution in [3.63, 3.8) is 0 Å². The smallest absolute Gasteiger partial charge is 0.147 e. The Morgan fingerprint density at radius 3 is 2.41 bits per heavy atom. The van der Waals surface area contributed by atoms with E-state index in [2.05, 4.69) is 39.7 Å². The zero-order valence-electron chi connectivity index (χ0n) is 10.6. The molecule has 0 amide bonds. The second-order valence-corrected chi connectivity index (χ2v) is 5.69. The van der Waals surface area contributed by atoms with Gasteiger partial charge in [0.1, 0.15) is 11.0 Å². The van der Waals surface area contributed by atoms with Gasteiger partial charge >= 0.3 is 0 Å². The van der Waals surface area contributed by atoms with Crippen LogP contribution in [0, 0.1) is 5.92 Å². The fourth-order valence-corrected chi connectivity index (χ4v) is 2.01. The van der Waals surface area contributed by atoms with Crippen LogP contribution in [0.3, 0.4) is 0 Å². The number of hydrogen-bond donors (Lipinski definition) is 0.